The molecule has 4 nitrogen and oxygen atoms in total. The molecule has 0 aliphatic heterocycles. The molecule has 0 unspecified atom stereocenters. The zero-order valence-electron chi connectivity index (χ0n) is 42.4. The van der Waals surface area contributed by atoms with Gasteiger partial charge in [-0.15, -0.1) is 0 Å². The molecule has 0 radical (unpaired) electrons. The van der Waals surface area contributed by atoms with Crippen LogP contribution in [0.25, 0.3) is 99.2 Å². The maximum absolute atomic E-state index is 14.8. The molecule has 10 rings (SSSR count). The monoisotopic (exact) mass is 948 g/mol. The Hall–Kier alpha value is -6.48. The Morgan fingerprint density at radius 3 is 1.07 bits per heavy atom. The molecule has 0 bridgehead atoms. The average molecular weight is 950 g/mol. The minimum absolute atomic E-state index is 0.0486. The Bertz CT molecular complexity index is 3450. The van der Waals surface area contributed by atoms with Crippen molar-refractivity contribution in [2.75, 3.05) is 0 Å². The van der Waals surface area contributed by atoms with Gasteiger partial charge in [0.1, 0.15) is 0 Å². The summed E-state index contributed by atoms with van der Waals surface area (Å²) in [5.41, 5.74) is 18.2. The summed E-state index contributed by atoms with van der Waals surface area (Å²) < 4.78 is 0. The van der Waals surface area contributed by atoms with Gasteiger partial charge in [0, 0.05) is 33.0 Å². The van der Waals surface area contributed by atoms with Gasteiger partial charge in [0.05, 0.1) is 22.4 Å². The number of hydrogen-bond acceptors (Lipinski definition) is 4. The number of aromatic nitrogens is 2. The van der Waals surface area contributed by atoms with Gasteiger partial charge in [0.2, 0.25) is 0 Å². The van der Waals surface area contributed by atoms with E-state index in [1.54, 1.807) is 0 Å². The number of benzene rings is 8. The molecule has 346 valence electrons. The van der Waals surface area contributed by atoms with Gasteiger partial charge in [-0.1, -0.05) is 185 Å². The van der Waals surface area contributed by atoms with Crippen LogP contribution in [0.1, 0.15) is 86.1 Å². The van der Waals surface area contributed by atoms with Crippen LogP contribution >= 0.6 is 10.0 Å². The Morgan fingerprint density at radius 2 is 0.729 bits per heavy atom. The first-order valence-corrected chi connectivity index (χ1v) is 25.8. The quantitative estimate of drug-likeness (QED) is 0.161. The van der Waals surface area contributed by atoms with Crippen LogP contribution in [0.2, 0.25) is 0 Å². The normalized spacial score (nSPS) is 12.0. The summed E-state index contributed by atoms with van der Waals surface area (Å²) in [6.45, 7) is 25.5. The summed E-state index contributed by atoms with van der Waals surface area (Å²) in [6, 6.07) is 47.1. The first kappa shape index (κ1) is 48.5. The first-order valence-electron chi connectivity index (χ1n) is 24.0. The molecule has 2 aromatic heterocycles. The van der Waals surface area contributed by atoms with E-state index in [1.807, 2.05) is 15.4 Å². The van der Waals surface area contributed by atoms with E-state index in [0.717, 1.165) is 88.0 Å². The van der Waals surface area contributed by atoms with Gasteiger partial charge >= 0.3 is 25.4 Å². The van der Waals surface area contributed by atoms with E-state index in [2.05, 4.69) is 227 Å². The van der Waals surface area contributed by atoms with E-state index in [1.165, 1.54) is 33.4 Å². The number of hydrogen-bond donors (Lipinski definition) is 0. The first-order chi connectivity index (χ1) is 33.3. The van der Waals surface area contributed by atoms with Crippen molar-refractivity contribution in [1.29, 1.82) is 0 Å². The van der Waals surface area contributed by atoms with Gasteiger partial charge in [-0.25, -0.2) is 9.97 Å². The fraction of sp³-hybridized carbons (Fsp3) is 0.219. The van der Waals surface area contributed by atoms with Crippen molar-refractivity contribution in [2.24, 2.45) is 0 Å². The number of nitrogens with zero attached hydrogens (tertiary/aromatic N) is 2. The molecule has 70 heavy (non-hydrogen) atoms. The SMILES string of the molecule is Cc1cc(C)c(-c2cc(C(C)(C)C)c([O-])c3nc(-c4ccc5ccccc5c4-c4c(-c5ccc6c(-c7c(C)cc(C)cc7C)cc(C(C)(C)C)c([O-])c6n5)ccc5ccccc45)ccc23)c(C)c1.[Al+2][Cl]. The van der Waals surface area contributed by atoms with Gasteiger partial charge in [-0.2, -0.15) is 0 Å². The predicted molar refractivity (Wildman–Crippen MR) is 296 cm³/mol. The summed E-state index contributed by atoms with van der Waals surface area (Å²) in [5.74, 6) is -0.0972. The van der Waals surface area contributed by atoms with Crippen molar-refractivity contribution >= 4 is 68.8 Å². The molecule has 0 atom stereocenters. The van der Waals surface area contributed by atoms with Crippen molar-refractivity contribution in [3.05, 3.63) is 178 Å². The van der Waals surface area contributed by atoms with E-state index in [0.29, 0.717) is 22.4 Å². The van der Waals surface area contributed by atoms with Crippen molar-refractivity contribution in [3.63, 3.8) is 0 Å². The molecular formula is C64H58AlClN2O2. The third-order valence-electron chi connectivity index (χ3n) is 14.0. The Morgan fingerprint density at radius 1 is 0.386 bits per heavy atom. The zero-order chi connectivity index (χ0) is 50.1. The number of pyridine rings is 2. The summed E-state index contributed by atoms with van der Waals surface area (Å²) in [4.78, 5) is 10.9. The molecule has 0 aliphatic carbocycles. The van der Waals surface area contributed by atoms with E-state index in [9.17, 15) is 10.2 Å². The second kappa shape index (κ2) is 18.4. The zero-order valence-corrected chi connectivity index (χ0v) is 44.3. The topological polar surface area (TPSA) is 71.9 Å². The van der Waals surface area contributed by atoms with Gasteiger partial charge in [-0.05, 0) is 142 Å². The molecule has 0 fully saturated rings. The van der Waals surface area contributed by atoms with E-state index >= 15 is 0 Å². The van der Waals surface area contributed by atoms with Crippen LogP contribution in [-0.4, -0.2) is 25.3 Å². The molecule has 0 saturated heterocycles. The van der Waals surface area contributed by atoms with E-state index < -0.39 is 10.8 Å². The van der Waals surface area contributed by atoms with Gasteiger partial charge in [-0.3, -0.25) is 0 Å². The van der Waals surface area contributed by atoms with Crippen LogP contribution in [0.4, 0.5) is 0 Å². The Balaban J connectivity index is 0.00000300. The third kappa shape index (κ3) is 8.43. The van der Waals surface area contributed by atoms with Crippen LogP contribution < -0.4 is 10.2 Å². The molecule has 0 amide bonds. The molecule has 10 aromatic rings. The fourth-order valence-corrected chi connectivity index (χ4v) is 11.1. The van der Waals surface area contributed by atoms with Crippen molar-refractivity contribution in [1.82, 2.24) is 9.97 Å². The summed E-state index contributed by atoms with van der Waals surface area (Å²) in [7, 11) is 4.56. The van der Waals surface area contributed by atoms with Crippen molar-refractivity contribution in [3.8, 4) is 67.4 Å². The standard InChI is InChI=1S/C64H60N2O2.Al.ClH/c1-35-29-37(3)55(38(4)30-35)49-33-51(63(7,8)9)61(67)59-45(49)25-27-53(65-59)47-23-21-41-17-13-15-19-43(41)57(47)58-44-20-16-14-18-42(44)22-24-48(58)54-28-26-46-50(56-39(5)31-36(2)32-40(56)6)34-52(64(10,11)12)62(68)60(46)66-54;;/h13-34,67-68H,1-12H3;;1H/q;+3;/p-3. The number of halogens is 1. The molecule has 0 saturated carbocycles. The molecule has 2 heterocycles. The minimum atomic E-state index is -0.417. The van der Waals surface area contributed by atoms with Crippen LogP contribution in [0, 0.1) is 41.5 Å². The Kier molecular flexibility index (Phi) is 12.7. The van der Waals surface area contributed by atoms with Crippen molar-refractivity contribution < 1.29 is 10.2 Å². The van der Waals surface area contributed by atoms with Gasteiger partial charge < -0.3 is 10.2 Å². The molecule has 8 aromatic carbocycles. The maximum atomic E-state index is 14.8. The summed E-state index contributed by atoms with van der Waals surface area (Å²) >= 11 is 1.89. The van der Waals surface area contributed by atoms with Crippen LogP contribution in [0.15, 0.2) is 133 Å². The third-order valence-corrected chi connectivity index (χ3v) is 14.0. The van der Waals surface area contributed by atoms with Crippen LogP contribution in [0.5, 0.6) is 11.5 Å². The van der Waals surface area contributed by atoms with Gasteiger partial charge in [0.15, 0.2) is 0 Å². The summed E-state index contributed by atoms with van der Waals surface area (Å²) in [6.07, 6.45) is 0. The predicted octanol–water partition coefficient (Wildman–Crippen LogP) is 16.3. The number of aryl methyl sites for hydroxylation is 6. The molecule has 0 aliphatic rings. The van der Waals surface area contributed by atoms with Crippen LogP contribution in [0.3, 0.4) is 0 Å². The molecular weight excluding hydrogens is 891 g/mol. The average Bonchev–Trinajstić information content (AvgIpc) is 3.31. The second-order valence-corrected chi connectivity index (χ2v) is 21.3. The van der Waals surface area contributed by atoms with E-state index in [-0.39, 0.29) is 11.5 Å². The van der Waals surface area contributed by atoms with Crippen LogP contribution in [-0.2, 0) is 10.8 Å². The molecule has 0 N–H and O–H groups in total. The fourth-order valence-electron chi connectivity index (χ4n) is 11.1. The van der Waals surface area contributed by atoms with E-state index in [4.69, 9.17) is 9.97 Å². The van der Waals surface area contributed by atoms with Crippen molar-refractivity contribution in [2.45, 2.75) is 93.9 Å². The molecule has 6 heteroatoms. The van der Waals surface area contributed by atoms with Gasteiger partial charge in [0.25, 0.3) is 0 Å². The number of fused-ring (bicyclic) bond motifs is 4. The summed E-state index contributed by atoms with van der Waals surface area (Å²) in [5, 5.41) is 35.6. The Labute approximate surface area is 425 Å². The number of rotatable bonds is 5. The second-order valence-electron chi connectivity index (χ2n) is 21.3. The molecule has 0 spiro atoms.